The Morgan fingerprint density at radius 2 is 1.83 bits per heavy atom. The van der Waals surface area contributed by atoms with E-state index >= 15 is 0 Å². The molecule has 2 saturated carbocycles. The SMILES string of the molecule is CC(=O)N1CCCN([C@H](C)C(=O)N[C@H](C)[C@H]2C[C@H]3CC[C@H]2C3)CC1. The van der Waals surface area contributed by atoms with Crippen molar-refractivity contribution >= 4 is 11.8 Å². The van der Waals surface area contributed by atoms with E-state index in [4.69, 9.17) is 0 Å². The summed E-state index contributed by atoms with van der Waals surface area (Å²) < 4.78 is 0. The molecular weight excluding hydrogens is 302 g/mol. The number of amides is 2. The van der Waals surface area contributed by atoms with E-state index in [1.807, 2.05) is 11.8 Å². The summed E-state index contributed by atoms with van der Waals surface area (Å²) in [7, 11) is 0. The first-order chi connectivity index (χ1) is 11.5. The number of nitrogens with one attached hydrogen (secondary N) is 1. The molecule has 0 aromatic carbocycles. The summed E-state index contributed by atoms with van der Waals surface area (Å²) >= 11 is 0. The Kier molecular flexibility index (Phi) is 5.48. The number of carbonyl (C=O) groups excluding carboxylic acids is 2. The number of hydrogen-bond donors (Lipinski definition) is 1. The van der Waals surface area contributed by atoms with E-state index in [0.717, 1.165) is 44.4 Å². The minimum atomic E-state index is -0.113. The van der Waals surface area contributed by atoms with Crippen molar-refractivity contribution in [2.24, 2.45) is 17.8 Å². The highest BCUT2D eigenvalue weighted by atomic mass is 16.2. The van der Waals surface area contributed by atoms with Crippen molar-refractivity contribution in [2.45, 2.75) is 65.0 Å². The Hall–Kier alpha value is -1.10. The highest BCUT2D eigenvalue weighted by molar-refractivity contribution is 5.81. The van der Waals surface area contributed by atoms with Crippen LogP contribution in [0.3, 0.4) is 0 Å². The standard InChI is InChI=1S/C19H33N3O2/c1-13(18-12-16-5-6-17(18)11-16)20-19(24)14(2)21-7-4-8-22(10-9-21)15(3)23/h13-14,16-18H,4-12H2,1-3H3,(H,20,24)/t13-,14-,16+,17+,18-/m1/s1. The molecule has 1 saturated heterocycles. The zero-order chi connectivity index (χ0) is 17.3. The quantitative estimate of drug-likeness (QED) is 0.853. The summed E-state index contributed by atoms with van der Waals surface area (Å²) in [4.78, 5) is 28.4. The third-order valence-corrected chi connectivity index (χ3v) is 6.71. The number of hydrogen-bond acceptors (Lipinski definition) is 3. The van der Waals surface area contributed by atoms with Gasteiger partial charge in [-0.05, 0) is 57.3 Å². The van der Waals surface area contributed by atoms with Crippen LogP contribution in [-0.4, -0.2) is 59.9 Å². The van der Waals surface area contributed by atoms with Crippen LogP contribution in [0.1, 0.15) is 52.9 Å². The van der Waals surface area contributed by atoms with Gasteiger partial charge < -0.3 is 10.2 Å². The average Bonchev–Trinajstić information content (AvgIpc) is 3.09. The van der Waals surface area contributed by atoms with Crippen LogP contribution >= 0.6 is 0 Å². The number of carbonyl (C=O) groups is 2. The van der Waals surface area contributed by atoms with Gasteiger partial charge in [0.25, 0.3) is 0 Å². The second kappa shape index (κ2) is 7.42. The largest absolute Gasteiger partial charge is 0.352 e. The molecule has 5 heteroatoms. The van der Waals surface area contributed by atoms with Crippen LogP contribution in [0.2, 0.25) is 0 Å². The molecule has 0 spiro atoms. The summed E-state index contributed by atoms with van der Waals surface area (Å²) in [5.41, 5.74) is 0. The van der Waals surface area contributed by atoms with Gasteiger partial charge in [-0.25, -0.2) is 0 Å². The molecule has 0 radical (unpaired) electrons. The second-order valence-corrected chi connectivity index (χ2v) is 8.21. The van der Waals surface area contributed by atoms with Crippen LogP contribution in [0.5, 0.6) is 0 Å². The van der Waals surface area contributed by atoms with Gasteiger partial charge in [0.15, 0.2) is 0 Å². The molecule has 5 nitrogen and oxygen atoms in total. The van der Waals surface area contributed by atoms with E-state index in [1.165, 1.54) is 25.7 Å². The molecule has 3 aliphatic rings. The summed E-state index contributed by atoms with van der Waals surface area (Å²) in [5, 5.41) is 3.30. The molecule has 2 amide bonds. The van der Waals surface area contributed by atoms with Crippen molar-refractivity contribution in [3.05, 3.63) is 0 Å². The van der Waals surface area contributed by atoms with Crippen LogP contribution in [0.4, 0.5) is 0 Å². The number of fused-ring (bicyclic) bond motifs is 2. The average molecular weight is 335 g/mol. The molecule has 1 N–H and O–H groups in total. The lowest BCUT2D eigenvalue weighted by Crippen LogP contribution is -2.50. The molecule has 5 atom stereocenters. The summed E-state index contributed by atoms with van der Waals surface area (Å²) in [5.74, 6) is 2.72. The molecule has 24 heavy (non-hydrogen) atoms. The summed E-state index contributed by atoms with van der Waals surface area (Å²) in [6, 6.07) is 0.175. The maximum absolute atomic E-state index is 12.7. The Morgan fingerprint density at radius 3 is 2.46 bits per heavy atom. The first-order valence-electron chi connectivity index (χ1n) is 9.75. The number of rotatable bonds is 4. The molecule has 0 unspecified atom stereocenters. The molecule has 2 aliphatic carbocycles. The van der Waals surface area contributed by atoms with Gasteiger partial charge in [-0.15, -0.1) is 0 Å². The van der Waals surface area contributed by atoms with Crippen LogP contribution in [0.15, 0.2) is 0 Å². The third kappa shape index (κ3) is 3.76. The van der Waals surface area contributed by atoms with Crippen LogP contribution in [0, 0.1) is 17.8 Å². The van der Waals surface area contributed by atoms with Crippen LogP contribution in [0.25, 0.3) is 0 Å². The Labute approximate surface area is 146 Å². The van der Waals surface area contributed by atoms with Crippen LogP contribution in [-0.2, 0) is 9.59 Å². The molecule has 1 aliphatic heterocycles. The van der Waals surface area contributed by atoms with Crippen molar-refractivity contribution in [2.75, 3.05) is 26.2 Å². The first kappa shape index (κ1) is 17.7. The predicted octanol–water partition coefficient (Wildman–Crippen LogP) is 1.87. The zero-order valence-corrected chi connectivity index (χ0v) is 15.5. The van der Waals surface area contributed by atoms with Gasteiger partial charge in [-0.2, -0.15) is 0 Å². The van der Waals surface area contributed by atoms with Crippen molar-refractivity contribution in [3.8, 4) is 0 Å². The highest BCUT2D eigenvalue weighted by Crippen LogP contribution is 2.49. The molecule has 3 rings (SSSR count). The molecule has 0 aromatic rings. The van der Waals surface area contributed by atoms with E-state index in [0.29, 0.717) is 5.92 Å². The Morgan fingerprint density at radius 1 is 1.04 bits per heavy atom. The Bertz CT molecular complexity index is 481. The maximum atomic E-state index is 12.7. The lowest BCUT2D eigenvalue weighted by atomic mass is 9.84. The van der Waals surface area contributed by atoms with Gasteiger partial charge in [0, 0.05) is 39.1 Å². The van der Waals surface area contributed by atoms with Crippen molar-refractivity contribution < 1.29 is 9.59 Å². The molecule has 3 fully saturated rings. The first-order valence-corrected chi connectivity index (χ1v) is 9.75. The van der Waals surface area contributed by atoms with E-state index in [1.54, 1.807) is 6.92 Å². The zero-order valence-electron chi connectivity index (χ0n) is 15.5. The lowest BCUT2D eigenvalue weighted by molar-refractivity contribution is -0.128. The smallest absolute Gasteiger partial charge is 0.237 e. The van der Waals surface area contributed by atoms with Gasteiger partial charge in [-0.1, -0.05) is 6.42 Å². The van der Waals surface area contributed by atoms with Gasteiger partial charge in [0.05, 0.1) is 6.04 Å². The molecule has 0 aromatic heterocycles. The van der Waals surface area contributed by atoms with Gasteiger partial charge in [0.1, 0.15) is 0 Å². The Balaban J connectivity index is 1.50. The second-order valence-electron chi connectivity index (χ2n) is 8.21. The maximum Gasteiger partial charge on any atom is 0.237 e. The fourth-order valence-corrected chi connectivity index (χ4v) is 5.16. The lowest BCUT2D eigenvalue weighted by Gasteiger charge is -2.32. The topological polar surface area (TPSA) is 52.7 Å². The minimum Gasteiger partial charge on any atom is -0.352 e. The molecule has 1 heterocycles. The van der Waals surface area contributed by atoms with Gasteiger partial charge >= 0.3 is 0 Å². The van der Waals surface area contributed by atoms with Gasteiger partial charge in [-0.3, -0.25) is 14.5 Å². The minimum absolute atomic E-state index is 0.113. The van der Waals surface area contributed by atoms with Crippen LogP contribution < -0.4 is 5.32 Å². The third-order valence-electron chi connectivity index (χ3n) is 6.71. The normalized spacial score (nSPS) is 33.1. The summed E-state index contributed by atoms with van der Waals surface area (Å²) in [6.45, 7) is 9.04. The van der Waals surface area contributed by atoms with E-state index in [-0.39, 0.29) is 23.9 Å². The van der Waals surface area contributed by atoms with Gasteiger partial charge in [0.2, 0.25) is 11.8 Å². The fraction of sp³-hybridized carbons (Fsp3) is 0.895. The molecular formula is C19H33N3O2. The fourth-order valence-electron chi connectivity index (χ4n) is 5.16. The van der Waals surface area contributed by atoms with Crippen molar-refractivity contribution in [1.29, 1.82) is 0 Å². The predicted molar refractivity (Wildman–Crippen MR) is 94.4 cm³/mol. The van der Waals surface area contributed by atoms with Crippen molar-refractivity contribution in [1.82, 2.24) is 15.1 Å². The monoisotopic (exact) mass is 335 g/mol. The molecule has 2 bridgehead atoms. The summed E-state index contributed by atoms with van der Waals surface area (Å²) in [6.07, 6.45) is 6.39. The van der Waals surface area contributed by atoms with E-state index in [9.17, 15) is 9.59 Å². The molecule has 136 valence electrons. The highest BCUT2D eigenvalue weighted by Gasteiger charge is 2.42. The van der Waals surface area contributed by atoms with E-state index in [2.05, 4.69) is 17.1 Å². The number of nitrogens with zero attached hydrogens (tertiary/aromatic N) is 2. The van der Waals surface area contributed by atoms with E-state index < -0.39 is 0 Å². The van der Waals surface area contributed by atoms with Crippen molar-refractivity contribution in [3.63, 3.8) is 0 Å².